The van der Waals surface area contributed by atoms with Crippen molar-refractivity contribution in [2.24, 2.45) is 0 Å². The fraction of sp³-hybridized carbons (Fsp3) is 0.417. The minimum absolute atomic E-state index is 0.178. The van der Waals surface area contributed by atoms with Gasteiger partial charge in [0.05, 0.1) is 24.3 Å². The molecule has 0 saturated heterocycles. The Balaban J connectivity index is 3.05. The molecule has 0 saturated carbocycles. The molecular weight excluding hydrogens is 263 g/mol. The number of rotatable bonds is 5. The van der Waals surface area contributed by atoms with E-state index in [0.717, 1.165) is 6.07 Å². The summed E-state index contributed by atoms with van der Waals surface area (Å²) in [6, 6.07) is 1.41. The number of benzene rings is 1. The minimum Gasteiger partial charge on any atom is -0.394 e. The summed E-state index contributed by atoms with van der Waals surface area (Å²) in [7, 11) is 0. The van der Waals surface area contributed by atoms with Crippen LogP contribution in [0.4, 0.5) is 13.2 Å². The van der Waals surface area contributed by atoms with Crippen molar-refractivity contribution < 1.29 is 28.2 Å². The lowest BCUT2D eigenvalue weighted by Gasteiger charge is -2.29. The predicted molar refractivity (Wildman–Crippen MR) is 61.0 cm³/mol. The SMILES string of the molecule is CCC(CO)(CO)NC(=O)c1ccc(F)c(F)c1F. The van der Waals surface area contributed by atoms with E-state index in [2.05, 4.69) is 5.32 Å². The van der Waals surface area contributed by atoms with Crippen LogP contribution in [0.25, 0.3) is 0 Å². The molecule has 0 aliphatic carbocycles. The molecule has 4 nitrogen and oxygen atoms in total. The van der Waals surface area contributed by atoms with Crippen LogP contribution >= 0.6 is 0 Å². The normalized spacial score (nSPS) is 11.5. The summed E-state index contributed by atoms with van der Waals surface area (Å²) in [5.41, 5.74) is -2.03. The van der Waals surface area contributed by atoms with E-state index < -0.39 is 47.7 Å². The van der Waals surface area contributed by atoms with Crippen LogP contribution in [0.1, 0.15) is 23.7 Å². The van der Waals surface area contributed by atoms with E-state index >= 15 is 0 Å². The number of hydrogen-bond donors (Lipinski definition) is 3. The maximum atomic E-state index is 13.4. The van der Waals surface area contributed by atoms with Crippen molar-refractivity contribution in [1.29, 1.82) is 0 Å². The fourth-order valence-corrected chi connectivity index (χ4v) is 1.45. The van der Waals surface area contributed by atoms with Gasteiger partial charge < -0.3 is 15.5 Å². The highest BCUT2D eigenvalue weighted by molar-refractivity contribution is 5.95. The third kappa shape index (κ3) is 3.05. The highest BCUT2D eigenvalue weighted by atomic mass is 19.2. The summed E-state index contributed by atoms with van der Waals surface area (Å²) >= 11 is 0. The Labute approximate surface area is 107 Å². The number of aliphatic hydroxyl groups excluding tert-OH is 2. The van der Waals surface area contributed by atoms with Gasteiger partial charge in [0, 0.05) is 0 Å². The molecule has 106 valence electrons. The first kappa shape index (κ1) is 15.5. The zero-order valence-electron chi connectivity index (χ0n) is 10.2. The van der Waals surface area contributed by atoms with Gasteiger partial charge >= 0.3 is 0 Å². The average Bonchev–Trinajstić information content (AvgIpc) is 2.42. The van der Waals surface area contributed by atoms with Crippen LogP contribution in [0.3, 0.4) is 0 Å². The van der Waals surface area contributed by atoms with Crippen molar-refractivity contribution in [3.8, 4) is 0 Å². The van der Waals surface area contributed by atoms with Crippen molar-refractivity contribution >= 4 is 5.91 Å². The zero-order valence-corrected chi connectivity index (χ0v) is 10.2. The molecule has 0 heterocycles. The molecule has 1 aromatic carbocycles. The molecule has 19 heavy (non-hydrogen) atoms. The molecule has 0 fully saturated rings. The number of halogens is 3. The standard InChI is InChI=1S/C12H14F3NO3/c1-2-12(5-17,6-18)16-11(19)7-3-4-8(13)10(15)9(7)14/h3-4,17-18H,2,5-6H2,1H3,(H,16,19). The number of carbonyl (C=O) groups excluding carboxylic acids is 1. The summed E-state index contributed by atoms with van der Waals surface area (Å²) in [5.74, 6) is -5.80. The van der Waals surface area contributed by atoms with E-state index in [9.17, 15) is 18.0 Å². The Kier molecular flexibility index (Phi) is 4.90. The largest absolute Gasteiger partial charge is 0.394 e. The number of amides is 1. The molecule has 1 aromatic rings. The first-order chi connectivity index (χ1) is 8.90. The minimum atomic E-state index is -1.75. The van der Waals surface area contributed by atoms with Gasteiger partial charge in [0.15, 0.2) is 17.5 Å². The van der Waals surface area contributed by atoms with Gasteiger partial charge in [-0.3, -0.25) is 4.79 Å². The van der Waals surface area contributed by atoms with Crippen LogP contribution in [-0.2, 0) is 0 Å². The molecule has 0 aliphatic heterocycles. The first-order valence-corrected chi connectivity index (χ1v) is 5.58. The molecule has 0 atom stereocenters. The van der Waals surface area contributed by atoms with Crippen LogP contribution in [0, 0.1) is 17.5 Å². The molecule has 3 N–H and O–H groups in total. The van der Waals surface area contributed by atoms with Crippen molar-refractivity contribution in [1.82, 2.24) is 5.32 Å². The lowest BCUT2D eigenvalue weighted by atomic mass is 9.97. The number of hydrogen-bond acceptors (Lipinski definition) is 3. The maximum absolute atomic E-state index is 13.4. The zero-order chi connectivity index (χ0) is 14.6. The van der Waals surface area contributed by atoms with E-state index in [-0.39, 0.29) is 6.42 Å². The van der Waals surface area contributed by atoms with Gasteiger partial charge in [-0.15, -0.1) is 0 Å². The molecule has 0 spiro atoms. The maximum Gasteiger partial charge on any atom is 0.254 e. The second-order valence-corrected chi connectivity index (χ2v) is 4.13. The molecule has 1 amide bonds. The van der Waals surface area contributed by atoms with Crippen molar-refractivity contribution in [2.45, 2.75) is 18.9 Å². The predicted octanol–water partition coefficient (Wildman–Crippen LogP) is 0.967. The van der Waals surface area contributed by atoms with Crippen molar-refractivity contribution in [3.63, 3.8) is 0 Å². The van der Waals surface area contributed by atoms with Crippen molar-refractivity contribution in [3.05, 3.63) is 35.1 Å². The van der Waals surface area contributed by atoms with Gasteiger partial charge in [-0.1, -0.05) is 6.92 Å². The summed E-state index contributed by atoms with van der Waals surface area (Å²) < 4.78 is 39.1. The third-order valence-electron chi connectivity index (χ3n) is 2.94. The fourth-order valence-electron chi connectivity index (χ4n) is 1.45. The molecule has 0 radical (unpaired) electrons. The molecule has 0 aromatic heterocycles. The van der Waals surface area contributed by atoms with Gasteiger partial charge in [0.2, 0.25) is 0 Å². The van der Waals surface area contributed by atoms with Gasteiger partial charge in [-0.05, 0) is 18.6 Å². The van der Waals surface area contributed by atoms with Crippen LogP contribution in [0.5, 0.6) is 0 Å². The van der Waals surface area contributed by atoms with Crippen LogP contribution < -0.4 is 5.32 Å². The second kappa shape index (κ2) is 6.03. The average molecular weight is 277 g/mol. The van der Waals surface area contributed by atoms with Crippen LogP contribution in [0.15, 0.2) is 12.1 Å². The summed E-state index contributed by atoms with van der Waals surface area (Å²) in [5, 5.41) is 20.5. The topological polar surface area (TPSA) is 69.6 Å². The Morgan fingerprint density at radius 3 is 2.26 bits per heavy atom. The summed E-state index contributed by atoms with van der Waals surface area (Å²) in [6.07, 6.45) is 0.178. The Morgan fingerprint density at radius 2 is 1.79 bits per heavy atom. The quantitative estimate of drug-likeness (QED) is 0.702. The molecule has 0 aliphatic rings. The van der Waals surface area contributed by atoms with E-state index in [0.29, 0.717) is 6.07 Å². The molecule has 0 unspecified atom stereocenters. The van der Waals surface area contributed by atoms with Crippen LogP contribution in [0.2, 0.25) is 0 Å². The Bertz CT molecular complexity index is 467. The second-order valence-electron chi connectivity index (χ2n) is 4.13. The molecule has 0 bridgehead atoms. The first-order valence-electron chi connectivity index (χ1n) is 5.58. The number of aliphatic hydroxyl groups is 2. The van der Waals surface area contributed by atoms with E-state index in [1.54, 1.807) is 6.92 Å². The highest BCUT2D eigenvalue weighted by Crippen LogP contribution is 2.17. The number of carbonyl (C=O) groups is 1. The molecule has 7 heteroatoms. The third-order valence-corrected chi connectivity index (χ3v) is 2.94. The van der Waals surface area contributed by atoms with E-state index in [1.807, 2.05) is 0 Å². The Hall–Kier alpha value is -1.60. The van der Waals surface area contributed by atoms with E-state index in [4.69, 9.17) is 10.2 Å². The van der Waals surface area contributed by atoms with Gasteiger partial charge in [0.1, 0.15) is 0 Å². The summed E-state index contributed by atoms with van der Waals surface area (Å²) in [6.45, 7) is 0.447. The lowest BCUT2D eigenvalue weighted by molar-refractivity contribution is 0.0649. The lowest BCUT2D eigenvalue weighted by Crippen LogP contribution is -2.54. The smallest absolute Gasteiger partial charge is 0.254 e. The van der Waals surface area contributed by atoms with Gasteiger partial charge in [-0.25, -0.2) is 13.2 Å². The van der Waals surface area contributed by atoms with E-state index in [1.165, 1.54) is 0 Å². The molecular formula is C12H14F3NO3. The highest BCUT2D eigenvalue weighted by Gasteiger charge is 2.30. The monoisotopic (exact) mass is 277 g/mol. The molecule has 1 rings (SSSR count). The van der Waals surface area contributed by atoms with Gasteiger partial charge in [-0.2, -0.15) is 0 Å². The van der Waals surface area contributed by atoms with Crippen LogP contribution in [-0.4, -0.2) is 34.9 Å². The number of nitrogens with one attached hydrogen (secondary N) is 1. The van der Waals surface area contributed by atoms with Crippen molar-refractivity contribution in [2.75, 3.05) is 13.2 Å². The van der Waals surface area contributed by atoms with Gasteiger partial charge in [0.25, 0.3) is 5.91 Å². The summed E-state index contributed by atoms with van der Waals surface area (Å²) in [4.78, 5) is 11.8. The Morgan fingerprint density at radius 1 is 1.21 bits per heavy atom.